The van der Waals surface area contributed by atoms with Gasteiger partial charge in [0.25, 0.3) is 5.60 Å². The molecule has 1 heterocycles. The lowest BCUT2D eigenvalue weighted by Crippen LogP contribution is -2.57. The molecule has 1 aliphatic rings. The van der Waals surface area contributed by atoms with E-state index in [2.05, 4.69) is 9.47 Å². The SMILES string of the molecule is CCC(CC)(c1ccc(C=CC(OCOC)(C(F)(F)F)C(F)(F)F)c(C)c1)c1ccc(OCC2CCCC(=O)O2)c(C)c1. The molecule has 43 heavy (non-hydrogen) atoms. The minimum Gasteiger partial charge on any atom is -0.489 e. The molecular weight excluding hydrogens is 578 g/mol. The number of rotatable bonds is 12. The summed E-state index contributed by atoms with van der Waals surface area (Å²) in [6, 6.07) is 10.9. The highest BCUT2D eigenvalue weighted by Gasteiger charge is 2.71. The molecular formula is C32H38F6O5. The van der Waals surface area contributed by atoms with E-state index >= 15 is 0 Å². The molecule has 1 unspecified atom stereocenters. The second-order valence-electron chi connectivity index (χ2n) is 10.8. The Morgan fingerprint density at radius 1 is 0.930 bits per heavy atom. The molecule has 3 rings (SSSR count). The lowest BCUT2D eigenvalue weighted by molar-refractivity contribution is -0.372. The van der Waals surface area contributed by atoms with Crippen LogP contribution in [0.25, 0.3) is 6.08 Å². The van der Waals surface area contributed by atoms with Crippen molar-refractivity contribution in [2.45, 2.75) is 89.3 Å². The van der Waals surface area contributed by atoms with Crippen LogP contribution in [0.2, 0.25) is 0 Å². The van der Waals surface area contributed by atoms with Gasteiger partial charge in [0.15, 0.2) is 0 Å². The van der Waals surface area contributed by atoms with Gasteiger partial charge in [0.05, 0.1) is 0 Å². The van der Waals surface area contributed by atoms with Gasteiger partial charge in [-0.05, 0) is 79.5 Å². The monoisotopic (exact) mass is 616 g/mol. The van der Waals surface area contributed by atoms with Crippen LogP contribution < -0.4 is 4.74 Å². The molecule has 5 nitrogen and oxygen atoms in total. The number of benzene rings is 2. The van der Waals surface area contributed by atoms with Gasteiger partial charge < -0.3 is 18.9 Å². The maximum absolute atomic E-state index is 13.7. The van der Waals surface area contributed by atoms with Crippen molar-refractivity contribution >= 4 is 12.0 Å². The Morgan fingerprint density at radius 2 is 1.53 bits per heavy atom. The maximum atomic E-state index is 13.7. The number of cyclic esters (lactones) is 1. The van der Waals surface area contributed by atoms with Crippen molar-refractivity contribution in [2.75, 3.05) is 20.5 Å². The molecule has 0 aromatic heterocycles. The number of hydrogen-bond donors (Lipinski definition) is 0. The lowest BCUT2D eigenvalue weighted by atomic mass is 9.70. The second kappa shape index (κ2) is 13.7. The smallest absolute Gasteiger partial charge is 0.430 e. The van der Waals surface area contributed by atoms with E-state index in [1.165, 1.54) is 6.07 Å². The fraction of sp³-hybridized carbons (Fsp3) is 0.531. The molecule has 0 radical (unpaired) electrons. The van der Waals surface area contributed by atoms with E-state index in [9.17, 15) is 31.1 Å². The third-order valence-electron chi connectivity index (χ3n) is 8.13. The molecule has 11 heteroatoms. The Balaban J connectivity index is 1.92. The van der Waals surface area contributed by atoms with E-state index in [4.69, 9.17) is 9.47 Å². The normalized spacial score (nSPS) is 16.9. The number of halogens is 6. The van der Waals surface area contributed by atoms with E-state index in [0.29, 0.717) is 30.6 Å². The average Bonchev–Trinajstić information content (AvgIpc) is 2.93. The summed E-state index contributed by atoms with van der Waals surface area (Å²) in [5.41, 5.74) is -1.56. The number of methoxy groups -OCH3 is 1. The molecule has 0 spiro atoms. The predicted molar refractivity (Wildman–Crippen MR) is 150 cm³/mol. The second-order valence-corrected chi connectivity index (χ2v) is 10.8. The molecule has 2 aromatic rings. The van der Waals surface area contributed by atoms with Gasteiger partial charge in [0.1, 0.15) is 25.3 Å². The summed E-state index contributed by atoms with van der Waals surface area (Å²) in [6.07, 6.45) is -7.75. The zero-order valence-corrected chi connectivity index (χ0v) is 25.0. The van der Waals surface area contributed by atoms with Gasteiger partial charge in [-0.15, -0.1) is 0 Å². The molecule has 2 aromatic carbocycles. The topological polar surface area (TPSA) is 54.0 Å². The third-order valence-corrected chi connectivity index (χ3v) is 8.13. The van der Waals surface area contributed by atoms with Crippen LogP contribution in [0, 0.1) is 13.8 Å². The van der Waals surface area contributed by atoms with Crippen LogP contribution in [-0.2, 0) is 24.4 Å². The van der Waals surface area contributed by atoms with Gasteiger partial charge in [-0.3, -0.25) is 4.79 Å². The van der Waals surface area contributed by atoms with Gasteiger partial charge in [0.2, 0.25) is 0 Å². The predicted octanol–water partition coefficient (Wildman–Crippen LogP) is 8.38. The number of hydrogen-bond acceptors (Lipinski definition) is 5. The first-order chi connectivity index (χ1) is 20.1. The van der Waals surface area contributed by atoms with Crippen LogP contribution in [0.5, 0.6) is 5.75 Å². The number of aryl methyl sites for hydroxylation is 2. The first-order valence-electron chi connectivity index (χ1n) is 14.1. The highest BCUT2D eigenvalue weighted by atomic mass is 19.4. The van der Waals surface area contributed by atoms with Crippen LogP contribution >= 0.6 is 0 Å². The summed E-state index contributed by atoms with van der Waals surface area (Å²) in [5.74, 6) is 0.440. The van der Waals surface area contributed by atoms with E-state index in [0.717, 1.165) is 42.7 Å². The first kappa shape index (κ1) is 34.4. The van der Waals surface area contributed by atoms with Gasteiger partial charge in [-0.1, -0.05) is 50.3 Å². The molecule has 0 bridgehead atoms. The zero-order chi connectivity index (χ0) is 32.1. The van der Waals surface area contributed by atoms with Gasteiger partial charge in [-0.25, -0.2) is 0 Å². The Morgan fingerprint density at radius 3 is 2.05 bits per heavy atom. The van der Waals surface area contributed by atoms with E-state index in [1.54, 1.807) is 19.1 Å². The van der Waals surface area contributed by atoms with Crippen molar-refractivity contribution in [1.82, 2.24) is 0 Å². The van der Waals surface area contributed by atoms with Gasteiger partial charge in [-0.2, -0.15) is 26.3 Å². The largest absolute Gasteiger partial charge is 0.489 e. The summed E-state index contributed by atoms with van der Waals surface area (Å²) in [4.78, 5) is 11.6. The molecule has 1 saturated heterocycles. The highest BCUT2D eigenvalue weighted by molar-refractivity contribution is 5.70. The number of ether oxygens (including phenoxy) is 4. The average molecular weight is 617 g/mol. The Bertz CT molecular complexity index is 1270. The molecule has 1 fully saturated rings. The van der Waals surface area contributed by atoms with Gasteiger partial charge >= 0.3 is 18.3 Å². The molecule has 238 valence electrons. The maximum Gasteiger partial charge on any atom is 0.430 e. The van der Waals surface area contributed by atoms with E-state index < -0.39 is 30.2 Å². The van der Waals surface area contributed by atoms with E-state index in [1.807, 2.05) is 39.0 Å². The van der Waals surface area contributed by atoms with Crippen molar-refractivity contribution in [2.24, 2.45) is 0 Å². The molecule has 0 N–H and O–H groups in total. The Labute approximate surface area is 248 Å². The number of alkyl halides is 6. The molecule has 1 aliphatic heterocycles. The number of carbonyl (C=O) groups excluding carboxylic acids is 1. The Hall–Kier alpha value is -3.05. The highest BCUT2D eigenvalue weighted by Crippen LogP contribution is 2.47. The van der Waals surface area contributed by atoms with Crippen molar-refractivity contribution in [3.63, 3.8) is 0 Å². The standard InChI is InChI=1S/C32H38F6O5/c1-6-29(7-2,25-13-14-27(22(4)18-25)41-19-26-9-8-10-28(39)43-26)24-12-11-23(21(3)17-24)15-16-30(31(33,34)35,32(36,37)38)42-20-40-5/h11-18,26H,6-10,19-20H2,1-5H3. The summed E-state index contributed by atoms with van der Waals surface area (Å²) in [5, 5.41) is 0. The summed E-state index contributed by atoms with van der Waals surface area (Å²) < 4.78 is 102. The summed E-state index contributed by atoms with van der Waals surface area (Å²) >= 11 is 0. The van der Waals surface area contributed by atoms with Crippen molar-refractivity contribution in [3.05, 3.63) is 70.3 Å². The van der Waals surface area contributed by atoms with Crippen LogP contribution in [0.15, 0.2) is 42.5 Å². The first-order valence-corrected chi connectivity index (χ1v) is 14.1. The summed E-state index contributed by atoms with van der Waals surface area (Å²) in [6.45, 7) is 6.66. The quantitative estimate of drug-likeness (QED) is 0.136. The minimum atomic E-state index is -5.78. The van der Waals surface area contributed by atoms with Gasteiger partial charge in [0, 0.05) is 18.9 Å². The molecule has 0 saturated carbocycles. The van der Waals surface area contributed by atoms with E-state index in [-0.39, 0.29) is 30.3 Å². The number of carbonyl (C=O) groups is 1. The van der Waals surface area contributed by atoms with Crippen molar-refractivity contribution in [1.29, 1.82) is 0 Å². The van der Waals surface area contributed by atoms with Crippen LogP contribution in [0.3, 0.4) is 0 Å². The molecule has 0 aliphatic carbocycles. The minimum absolute atomic E-state index is 0.00271. The van der Waals surface area contributed by atoms with Crippen molar-refractivity contribution < 1.29 is 50.1 Å². The molecule has 0 amide bonds. The zero-order valence-electron chi connectivity index (χ0n) is 25.0. The molecule has 1 atom stereocenters. The Kier molecular flexibility index (Phi) is 11.0. The lowest BCUT2D eigenvalue weighted by Gasteiger charge is -2.35. The van der Waals surface area contributed by atoms with Crippen LogP contribution in [0.4, 0.5) is 26.3 Å². The fourth-order valence-corrected chi connectivity index (χ4v) is 5.50. The number of esters is 1. The van der Waals surface area contributed by atoms with Crippen molar-refractivity contribution in [3.8, 4) is 5.75 Å². The van der Waals surface area contributed by atoms with Crippen LogP contribution in [-0.4, -0.2) is 50.5 Å². The summed E-state index contributed by atoms with van der Waals surface area (Å²) in [7, 11) is 0.940. The third kappa shape index (κ3) is 7.37. The fourth-order valence-electron chi connectivity index (χ4n) is 5.50. The van der Waals surface area contributed by atoms with Crippen LogP contribution in [0.1, 0.15) is 73.8 Å².